The van der Waals surface area contributed by atoms with Crippen molar-refractivity contribution in [1.82, 2.24) is 19.5 Å². The number of likely N-dealkylation sites (tertiary alicyclic amines) is 1. The Hall–Kier alpha value is -3.21. The van der Waals surface area contributed by atoms with E-state index in [2.05, 4.69) is 14.8 Å². The van der Waals surface area contributed by atoms with Crippen LogP contribution in [0.5, 0.6) is 0 Å². The number of benzene rings is 1. The van der Waals surface area contributed by atoms with Gasteiger partial charge >= 0.3 is 0 Å². The minimum Gasteiger partial charge on any atom is -0.346 e. The standard InChI is InChI=1S/C20H22FN5O4S/c1-12-11-22-18-10-16(23-26(18)19(12)27)17-5-3-4-8-25(17)20(28)14-9-13(21)6-7-15(14)24-31(2,29)30/h6-7,9-11,17,22,24H,3-5,8H2,1-2H3/t17-/m0/s1. The first kappa shape index (κ1) is 21.0. The van der Waals surface area contributed by atoms with Crippen molar-refractivity contribution >= 4 is 27.3 Å². The second-order valence-corrected chi connectivity index (χ2v) is 9.47. The van der Waals surface area contributed by atoms with Crippen molar-refractivity contribution in [3.8, 4) is 0 Å². The van der Waals surface area contributed by atoms with Crippen LogP contribution in [0.3, 0.4) is 0 Å². The van der Waals surface area contributed by atoms with E-state index in [-0.39, 0.29) is 16.8 Å². The predicted molar refractivity (Wildman–Crippen MR) is 113 cm³/mol. The number of H-pyrrole nitrogens is 1. The molecule has 3 heterocycles. The number of halogens is 1. The molecule has 2 N–H and O–H groups in total. The maximum absolute atomic E-state index is 13.9. The largest absolute Gasteiger partial charge is 0.346 e. The lowest BCUT2D eigenvalue weighted by molar-refractivity contribution is 0.0606. The van der Waals surface area contributed by atoms with E-state index in [4.69, 9.17) is 0 Å². The van der Waals surface area contributed by atoms with Crippen LogP contribution in [0, 0.1) is 12.7 Å². The van der Waals surface area contributed by atoms with Gasteiger partial charge in [0.2, 0.25) is 10.0 Å². The third kappa shape index (κ3) is 4.18. The fraction of sp³-hybridized carbons (Fsp3) is 0.350. The molecule has 0 saturated carbocycles. The molecular weight excluding hydrogens is 425 g/mol. The maximum Gasteiger partial charge on any atom is 0.277 e. The first-order valence-corrected chi connectivity index (χ1v) is 11.7. The summed E-state index contributed by atoms with van der Waals surface area (Å²) < 4.78 is 40.9. The zero-order valence-electron chi connectivity index (χ0n) is 17.1. The van der Waals surface area contributed by atoms with Crippen LogP contribution >= 0.6 is 0 Å². The van der Waals surface area contributed by atoms with Crippen molar-refractivity contribution in [3.05, 3.63) is 63.5 Å². The highest BCUT2D eigenvalue weighted by Gasteiger charge is 2.32. The fourth-order valence-corrected chi connectivity index (χ4v) is 4.43. The zero-order chi connectivity index (χ0) is 22.3. The predicted octanol–water partition coefficient (Wildman–Crippen LogP) is 2.21. The first-order chi connectivity index (χ1) is 14.6. The minimum atomic E-state index is -3.67. The minimum absolute atomic E-state index is 0.0130. The van der Waals surface area contributed by atoms with Crippen LogP contribution in [0.15, 0.2) is 35.3 Å². The Bertz CT molecular complexity index is 1330. The smallest absolute Gasteiger partial charge is 0.277 e. The second-order valence-electron chi connectivity index (χ2n) is 7.72. The summed E-state index contributed by atoms with van der Waals surface area (Å²) in [6.45, 7) is 2.08. The highest BCUT2D eigenvalue weighted by Crippen LogP contribution is 2.33. The Morgan fingerprint density at radius 1 is 1.29 bits per heavy atom. The third-order valence-corrected chi connectivity index (χ3v) is 5.90. The Kier molecular flexibility index (Phi) is 5.29. The number of piperidine rings is 1. The molecule has 1 amide bonds. The molecule has 3 aromatic rings. The molecule has 31 heavy (non-hydrogen) atoms. The number of nitrogens with zero attached hydrogens (tertiary/aromatic N) is 3. The number of aryl methyl sites for hydroxylation is 1. The zero-order valence-corrected chi connectivity index (χ0v) is 17.9. The van der Waals surface area contributed by atoms with E-state index in [9.17, 15) is 22.4 Å². The molecule has 1 atom stereocenters. The van der Waals surface area contributed by atoms with Crippen LogP contribution in [-0.2, 0) is 10.0 Å². The number of fused-ring (bicyclic) bond motifs is 1. The van der Waals surface area contributed by atoms with Crippen LogP contribution in [0.25, 0.3) is 5.65 Å². The Balaban J connectivity index is 1.75. The van der Waals surface area contributed by atoms with Gasteiger partial charge in [-0.15, -0.1) is 0 Å². The highest BCUT2D eigenvalue weighted by atomic mass is 32.2. The van der Waals surface area contributed by atoms with Gasteiger partial charge in [-0.1, -0.05) is 0 Å². The topological polar surface area (TPSA) is 117 Å². The number of carbonyl (C=O) groups is 1. The number of hydrogen-bond acceptors (Lipinski definition) is 5. The summed E-state index contributed by atoms with van der Waals surface area (Å²) in [6, 6.07) is 4.64. The summed E-state index contributed by atoms with van der Waals surface area (Å²) in [4.78, 5) is 30.3. The Morgan fingerprint density at radius 2 is 2.06 bits per heavy atom. The first-order valence-electron chi connectivity index (χ1n) is 9.80. The number of sulfonamides is 1. The summed E-state index contributed by atoms with van der Waals surface area (Å²) in [6.07, 6.45) is 4.78. The van der Waals surface area contributed by atoms with Crippen molar-refractivity contribution in [2.24, 2.45) is 0 Å². The monoisotopic (exact) mass is 447 g/mol. The molecule has 0 bridgehead atoms. The summed E-state index contributed by atoms with van der Waals surface area (Å²) in [5.41, 5.74) is 1.25. The van der Waals surface area contributed by atoms with E-state index in [0.717, 1.165) is 31.2 Å². The Morgan fingerprint density at radius 3 is 2.81 bits per heavy atom. The molecule has 0 radical (unpaired) electrons. The van der Waals surface area contributed by atoms with Gasteiger partial charge in [-0.3, -0.25) is 14.3 Å². The molecule has 1 fully saturated rings. The van der Waals surface area contributed by atoms with E-state index in [1.165, 1.54) is 10.6 Å². The summed E-state index contributed by atoms with van der Waals surface area (Å²) in [5, 5.41) is 4.42. The fourth-order valence-electron chi connectivity index (χ4n) is 3.85. The van der Waals surface area contributed by atoms with Crippen molar-refractivity contribution in [2.45, 2.75) is 32.2 Å². The van der Waals surface area contributed by atoms with Crippen LogP contribution in [-0.4, -0.2) is 46.6 Å². The van der Waals surface area contributed by atoms with Gasteiger partial charge in [-0.2, -0.15) is 9.61 Å². The van der Waals surface area contributed by atoms with E-state index in [1.807, 2.05) is 0 Å². The maximum atomic E-state index is 13.9. The van der Waals surface area contributed by atoms with Crippen LogP contribution in [0.2, 0.25) is 0 Å². The summed E-state index contributed by atoms with van der Waals surface area (Å²) >= 11 is 0. The van der Waals surface area contributed by atoms with Crippen molar-refractivity contribution in [2.75, 3.05) is 17.5 Å². The van der Waals surface area contributed by atoms with Gasteiger partial charge in [-0.05, 0) is 44.4 Å². The molecular formula is C20H22FN5O4S. The highest BCUT2D eigenvalue weighted by molar-refractivity contribution is 7.92. The van der Waals surface area contributed by atoms with Gasteiger partial charge in [0.15, 0.2) is 0 Å². The van der Waals surface area contributed by atoms with Gasteiger partial charge in [0.25, 0.3) is 11.5 Å². The molecule has 1 aliphatic rings. The molecule has 0 unspecified atom stereocenters. The number of rotatable bonds is 4. The van der Waals surface area contributed by atoms with Crippen molar-refractivity contribution < 1.29 is 17.6 Å². The van der Waals surface area contributed by atoms with E-state index >= 15 is 0 Å². The normalized spacial score (nSPS) is 17.1. The average molecular weight is 447 g/mol. The molecule has 11 heteroatoms. The van der Waals surface area contributed by atoms with Gasteiger partial charge < -0.3 is 9.88 Å². The van der Waals surface area contributed by atoms with Gasteiger partial charge in [-0.25, -0.2) is 12.8 Å². The number of aromatic amines is 1. The second kappa shape index (κ2) is 7.80. The van der Waals surface area contributed by atoms with Gasteiger partial charge in [0.1, 0.15) is 11.5 Å². The van der Waals surface area contributed by atoms with Gasteiger partial charge in [0, 0.05) is 24.4 Å². The third-order valence-electron chi connectivity index (χ3n) is 5.31. The Labute approximate surface area is 177 Å². The SMILES string of the molecule is Cc1c[nH]c2cc([C@@H]3CCCCN3C(=O)c3cc(F)ccc3NS(C)(=O)=O)nn2c1=O. The quantitative estimate of drug-likeness (QED) is 0.636. The molecule has 1 aliphatic heterocycles. The molecule has 9 nitrogen and oxygen atoms in total. The number of carbonyl (C=O) groups excluding carboxylic acids is 1. The number of aromatic nitrogens is 3. The molecule has 0 aliphatic carbocycles. The molecule has 164 valence electrons. The van der Waals surface area contributed by atoms with E-state index in [0.29, 0.717) is 29.9 Å². The molecule has 1 saturated heterocycles. The van der Waals surface area contributed by atoms with Crippen LogP contribution in [0.1, 0.15) is 46.9 Å². The lowest BCUT2D eigenvalue weighted by Crippen LogP contribution is -2.39. The molecule has 2 aromatic heterocycles. The van der Waals surface area contributed by atoms with Crippen LogP contribution < -0.4 is 10.3 Å². The lowest BCUT2D eigenvalue weighted by Gasteiger charge is -2.35. The van der Waals surface area contributed by atoms with Crippen molar-refractivity contribution in [1.29, 1.82) is 0 Å². The molecule has 1 aromatic carbocycles. The summed E-state index contributed by atoms with van der Waals surface area (Å²) in [7, 11) is -3.67. The van der Waals surface area contributed by atoms with Crippen LogP contribution in [0.4, 0.5) is 10.1 Å². The average Bonchev–Trinajstić information content (AvgIpc) is 3.15. The number of nitrogens with one attached hydrogen (secondary N) is 2. The van der Waals surface area contributed by atoms with Gasteiger partial charge in [0.05, 0.1) is 29.2 Å². The molecule has 4 rings (SSSR count). The van der Waals surface area contributed by atoms with E-state index < -0.39 is 27.8 Å². The van der Waals surface area contributed by atoms with Crippen molar-refractivity contribution in [3.63, 3.8) is 0 Å². The number of anilines is 1. The van der Waals surface area contributed by atoms with E-state index in [1.54, 1.807) is 24.1 Å². The number of hydrogen-bond donors (Lipinski definition) is 2. The summed E-state index contributed by atoms with van der Waals surface area (Å²) in [5.74, 6) is -1.15. The number of amides is 1. The lowest BCUT2D eigenvalue weighted by atomic mass is 9.98. The molecule has 0 spiro atoms.